The Hall–Kier alpha value is -1.93. The number of carbonyl (C=O) groups is 1. The highest BCUT2D eigenvalue weighted by atomic mass is 79.9. The third-order valence-electron chi connectivity index (χ3n) is 5.54. The third-order valence-corrected chi connectivity index (χ3v) is 7.09. The van der Waals surface area contributed by atoms with E-state index in [0.29, 0.717) is 24.3 Å². The van der Waals surface area contributed by atoms with Crippen molar-refractivity contribution < 1.29 is 53.8 Å². The van der Waals surface area contributed by atoms with Crippen LogP contribution in [-0.4, -0.2) is 22.7 Å². The molecule has 0 bridgehead atoms. The lowest BCUT2D eigenvalue weighted by atomic mass is 9.89. The van der Waals surface area contributed by atoms with Gasteiger partial charge in [0.15, 0.2) is 5.60 Å². The summed E-state index contributed by atoms with van der Waals surface area (Å²) in [4.78, 5) is 11.1. The van der Waals surface area contributed by atoms with Crippen LogP contribution in [0.4, 0.5) is 43.9 Å². The lowest BCUT2D eigenvalue weighted by molar-refractivity contribution is -0.285. The second-order valence-corrected chi connectivity index (χ2v) is 9.13. The fraction of sp³-hybridized carbons (Fsp3) is 0.286. The van der Waals surface area contributed by atoms with Crippen molar-refractivity contribution in [3.63, 3.8) is 0 Å². The molecule has 0 fully saturated rings. The molecule has 0 radical (unpaired) electrons. The summed E-state index contributed by atoms with van der Waals surface area (Å²) in [6, 6.07) is 2.30. The minimum atomic E-state index is -4.83. The number of rotatable bonds is 2. The van der Waals surface area contributed by atoms with Crippen molar-refractivity contribution in [3.05, 3.63) is 79.8 Å². The van der Waals surface area contributed by atoms with Gasteiger partial charge in [0, 0.05) is 23.1 Å². The third kappa shape index (κ3) is 3.50. The lowest BCUT2D eigenvalue weighted by Gasteiger charge is -2.31. The molecule has 2 aromatic rings. The van der Waals surface area contributed by atoms with Gasteiger partial charge in [0.2, 0.25) is 5.78 Å². The molecular formula is C21H10Br2F10O2. The van der Waals surface area contributed by atoms with Gasteiger partial charge in [-0.05, 0) is 56.1 Å². The molecule has 0 saturated heterocycles. The summed E-state index contributed by atoms with van der Waals surface area (Å²) < 4.78 is 133. The average molecular weight is 644 g/mol. The van der Waals surface area contributed by atoms with E-state index >= 15 is 0 Å². The summed E-state index contributed by atoms with van der Waals surface area (Å²) in [6.07, 6.45) is 0.0566. The fourth-order valence-electron chi connectivity index (χ4n) is 3.74. The molecular weight excluding hydrogens is 634 g/mol. The number of hydrogen-bond donors (Lipinski definition) is 1. The van der Waals surface area contributed by atoms with Crippen molar-refractivity contribution in [2.75, 3.05) is 0 Å². The van der Waals surface area contributed by atoms with E-state index in [-0.39, 0.29) is 0 Å². The van der Waals surface area contributed by atoms with Crippen LogP contribution in [0.25, 0.3) is 0 Å². The van der Waals surface area contributed by atoms with Crippen LogP contribution in [0, 0.1) is 11.6 Å². The van der Waals surface area contributed by atoms with Crippen LogP contribution in [-0.2, 0) is 17.4 Å². The Kier molecular flexibility index (Phi) is 6.56. The molecule has 0 heterocycles. The number of ketones is 1. The maximum Gasteiger partial charge on any atom is 0.376 e. The SMILES string of the molecule is C=CCC1(O)c2c(ccc(F)c2Br)C(F)(F)C1(F)F.O=C1c2c(ccc(F)c2Br)C(F)(F)C1(F)F. The number of alkyl halides is 8. The smallest absolute Gasteiger partial charge is 0.376 e. The van der Waals surface area contributed by atoms with E-state index in [4.69, 9.17) is 0 Å². The molecule has 14 heteroatoms. The normalized spacial score (nSPS) is 24.3. The monoisotopic (exact) mass is 642 g/mol. The first-order valence-electron chi connectivity index (χ1n) is 9.19. The van der Waals surface area contributed by atoms with Crippen LogP contribution < -0.4 is 0 Å². The van der Waals surface area contributed by atoms with Crippen LogP contribution in [0.2, 0.25) is 0 Å². The fourth-order valence-corrected chi connectivity index (χ4v) is 4.94. The Morgan fingerprint density at radius 2 is 1.29 bits per heavy atom. The zero-order valence-electron chi connectivity index (χ0n) is 16.7. The van der Waals surface area contributed by atoms with Gasteiger partial charge in [0.05, 0.1) is 14.5 Å². The second kappa shape index (κ2) is 8.30. The standard InChI is InChI=1S/C12H8BrF5O.C9H2BrF5O/c1-2-5-10(19)8-6(3-4-7(14)9(8)13)11(15,16)12(10,17)18;10-6-4(11)2-1-3-5(6)7(16)9(14,15)8(3,12)13/h2-4,19H,1,5H2;1-2H. The van der Waals surface area contributed by atoms with Crippen molar-refractivity contribution in [1.82, 2.24) is 0 Å². The zero-order valence-corrected chi connectivity index (χ0v) is 19.9. The molecule has 4 rings (SSSR count). The first kappa shape index (κ1) is 27.7. The molecule has 1 atom stereocenters. The predicted octanol–water partition coefficient (Wildman–Crippen LogP) is 7.60. The van der Waals surface area contributed by atoms with Crippen LogP contribution in [0.5, 0.6) is 0 Å². The van der Waals surface area contributed by atoms with Gasteiger partial charge < -0.3 is 5.11 Å². The molecule has 2 aliphatic carbocycles. The highest BCUT2D eigenvalue weighted by molar-refractivity contribution is 9.10. The van der Waals surface area contributed by atoms with Gasteiger partial charge in [-0.2, -0.15) is 35.1 Å². The highest BCUT2D eigenvalue weighted by Gasteiger charge is 2.76. The van der Waals surface area contributed by atoms with Crippen LogP contribution in [0.3, 0.4) is 0 Å². The van der Waals surface area contributed by atoms with E-state index < -0.39 is 84.3 Å². The predicted molar refractivity (Wildman–Crippen MR) is 109 cm³/mol. The highest BCUT2D eigenvalue weighted by Crippen LogP contribution is 2.63. The molecule has 190 valence electrons. The van der Waals surface area contributed by atoms with E-state index in [0.717, 1.165) is 6.08 Å². The van der Waals surface area contributed by atoms with Crippen LogP contribution in [0.1, 0.15) is 33.5 Å². The maximum atomic E-state index is 13.9. The topological polar surface area (TPSA) is 37.3 Å². The van der Waals surface area contributed by atoms with Gasteiger partial charge in [0.1, 0.15) is 11.6 Å². The van der Waals surface area contributed by atoms with Gasteiger partial charge in [-0.15, -0.1) is 6.58 Å². The first-order chi connectivity index (χ1) is 15.8. The van der Waals surface area contributed by atoms with Crippen molar-refractivity contribution >= 4 is 37.6 Å². The molecule has 0 amide bonds. The Morgan fingerprint density at radius 3 is 1.80 bits per heavy atom. The van der Waals surface area contributed by atoms with Gasteiger partial charge in [-0.1, -0.05) is 6.08 Å². The number of fused-ring (bicyclic) bond motifs is 2. The first-order valence-corrected chi connectivity index (χ1v) is 10.8. The molecule has 2 nitrogen and oxygen atoms in total. The zero-order chi connectivity index (χ0) is 26.9. The minimum Gasteiger partial charge on any atom is -0.378 e. The Balaban J connectivity index is 0.000000198. The lowest BCUT2D eigenvalue weighted by Crippen LogP contribution is -2.48. The Labute approximate surface area is 206 Å². The molecule has 2 aromatic carbocycles. The Bertz CT molecular complexity index is 1250. The Morgan fingerprint density at radius 1 is 0.800 bits per heavy atom. The van der Waals surface area contributed by atoms with Gasteiger partial charge >= 0.3 is 23.7 Å². The largest absolute Gasteiger partial charge is 0.378 e. The number of halogens is 12. The molecule has 1 unspecified atom stereocenters. The number of Topliss-reactive ketones (excluding diaryl/α,β-unsaturated/α-hetero) is 1. The number of aliphatic hydroxyl groups is 1. The van der Waals surface area contributed by atoms with Crippen LogP contribution in [0.15, 0.2) is 45.9 Å². The maximum absolute atomic E-state index is 13.9. The molecule has 0 saturated carbocycles. The quantitative estimate of drug-likeness (QED) is 0.270. The summed E-state index contributed by atoms with van der Waals surface area (Å²) in [7, 11) is 0. The summed E-state index contributed by atoms with van der Waals surface area (Å²) in [6.45, 7) is 3.16. The summed E-state index contributed by atoms with van der Waals surface area (Å²) >= 11 is 5.16. The van der Waals surface area contributed by atoms with E-state index in [1.54, 1.807) is 0 Å². The molecule has 1 N–H and O–H groups in total. The summed E-state index contributed by atoms with van der Waals surface area (Å²) in [5.41, 5.74) is -7.27. The molecule has 0 aromatic heterocycles. The summed E-state index contributed by atoms with van der Waals surface area (Å²) in [5.74, 6) is -22.9. The van der Waals surface area contributed by atoms with E-state index in [1.807, 2.05) is 0 Å². The number of carbonyl (C=O) groups excluding carboxylic acids is 1. The van der Waals surface area contributed by atoms with Crippen LogP contribution >= 0.6 is 31.9 Å². The second-order valence-electron chi connectivity index (χ2n) is 7.55. The molecule has 2 aliphatic rings. The molecule has 35 heavy (non-hydrogen) atoms. The van der Waals surface area contributed by atoms with Crippen molar-refractivity contribution in [3.8, 4) is 0 Å². The van der Waals surface area contributed by atoms with Gasteiger partial charge in [-0.3, -0.25) is 4.79 Å². The van der Waals surface area contributed by atoms with E-state index in [2.05, 4.69) is 38.4 Å². The summed E-state index contributed by atoms with van der Waals surface area (Å²) in [5, 5.41) is 10.0. The number of hydrogen-bond acceptors (Lipinski definition) is 2. The van der Waals surface area contributed by atoms with E-state index in [1.165, 1.54) is 0 Å². The molecule has 0 aliphatic heterocycles. The van der Waals surface area contributed by atoms with Crippen molar-refractivity contribution in [2.45, 2.75) is 35.7 Å². The van der Waals surface area contributed by atoms with Gasteiger partial charge in [-0.25, -0.2) is 8.78 Å². The average Bonchev–Trinajstić information content (AvgIpc) is 2.96. The van der Waals surface area contributed by atoms with Gasteiger partial charge in [0.25, 0.3) is 0 Å². The number of benzene rings is 2. The van der Waals surface area contributed by atoms with Crippen molar-refractivity contribution in [1.29, 1.82) is 0 Å². The van der Waals surface area contributed by atoms with Crippen molar-refractivity contribution in [2.24, 2.45) is 0 Å². The van der Waals surface area contributed by atoms with E-state index in [9.17, 15) is 53.8 Å². The molecule has 0 spiro atoms. The minimum absolute atomic E-state index is 0.494.